The van der Waals surface area contributed by atoms with Gasteiger partial charge in [-0.3, -0.25) is 9.48 Å². The Hall–Kier alpha value is -3.61. The topological polar surface area (TPSA) is 76.5 Å². The summed E-state index contributed by atoms with van der Waals surface area (Å²) in [6.45, 7) is 7.14. The fraction of sp³-hybridized carbons (Fsp3) is 0.370. The lowest BCUT2D eigenvalue weighted by Crippen LogP contribution is -2.40. The van der Waals surface area contributed by atoms with Crippen molar-refractivity contribution in [3.8, 4) is 0 Å². The number of aryl methyl sites for hydroxylation is 1. The first-order valence-corrected chi connectivity index (χ1v) is 11.6. The second-order valence-corrected chi connectivity index (χ2v) is 9.68. The molecule has 0 bridgehead atoms. The third-order valence-corrected chi connectivity index (χ3v) is 5.97. The van der Waals surface area contributed by atoms with E-state index in [0.717, 1.165) is 28.8 Å². The van der Waals surface area contributed by atoms with Gasteiger partial charge in [-0.15, -0.1) is 0 Å². The largest absolute Gasteiger partial charge is 0.444 e. The number of nitrogens with one attached hydrogen (secondary N) is 1. The molecule has 0 unspecified atom stereocenters. The number of aromatic nitrogens is 2. The molecule has 0 saturated heterocycles. The number of carbonyl (C=O) groups excluding carboxylic acids is 2. The minimum Gasteiger partial charge on any atom is -0.444 e. The minimum absolute atomic E-state index is 0.136. The molecule has 1 aromatic heterocycles. The van der Waals surface area contributed by atoms with E-state index in [0.29, 0.717) is 31.6 Å². The first-order chi connectivity index (χ1) is 16.2. The molecule has 4 rings (SSSR count). The Bertz CT molecular complexity index is 1180. The Labute approximate surface area is 200 Å². The Morgan fingerprint density at radius 1 is 1.09 bits per heavy atom. The predicted molar refractivity (Wildman–Crippen MR) is 130 cm³/mol. The van der Waals surface area contributed by atoms with Crippen molar-refractivity contribution in [3.05, 3.63) is 88.2 Å². The Balaban J connectivity index is 1.43. The lowest BCUT2D eigenvalue weighted by Gasteiger charge is -2.32. The fourth-order valence-corrected chi connectivity index (χ4v) is 4.26. The Morgan fingerprint density at radius 3 is 2.59 bits per heavy atom. The van der Waals surface area contributed by atoms with Crippen LogP contribution in [0.1, 0.15) is 59.1 Å². The van der Waals surface area contributed by atoms with Gasteiger partial charge in [0.15, 0.2) is 0 Å². The van der Waals surface area contributed by atoms with E-state index in [1.807, 2.05) is 76.3 Å². The van der Waals surface area contributed by atoms with Crippen LogP contribution in [-0.2, 0) is 37.7 Å². The van der Waals surface area contributed by atoms with E-state index in [-0.39, 0.29) is 12.0 Å². The number of hydrogen-bond acceptors (Lipinski definition) is 4. The first kappa shape index (κ1) is 23.5. The van der Waals surface area contributed by atoms with Crippen molar-refractivity contribution in [1.82, 2.24) is 20.0 Å². The summed E-state index contributed by atoms with van der Waals surface area (Å²) in [5.41, 5.74) is 5.44. The molecule has 2 heterocycles. The number of fused-ring (bicyclic) bond motifs is 1. The molecule has 0 radical (unpaired) electrons. The van der Waals surface area contributed by atoms with Crippen LogP contribution in [0.5, 0.6) is 0 Å². The van der Waals surface area contributed by atoms with E-state index in [2.05, 4.69) is 10.4 Å². The van der Waals surface area contributed by atoms with Gasteiger partial charge in [0.05, 0.1) is 17.5 Å². The highest BCUT2D eigenvalue weighted by Gasteiger charge is 2.27. The molecule has 0 atom stereocenters. The highest BCUT2D eigenvalue weighted by atomic mass is 16.6. The molecule has 2 aromatic carbocycles. The van der Waals surface area contributed by atoms with Gasteiger partial charge in [-0.1, -0.05) is 48.5 Å². The van der Waals surface area contributed by atoms with Gasteiger partial charge in [0, 0.05) is 33.1 Å². The second kappa shape index (κ2) is 9.71. The van der Waals surface area contributed by atoms with Crippen LogP contribution in [0.15, 0.2) is 54.7 Å². The molecule has 7 nitrogen and oxygen atoms in total. The second-order valence-electron chi connectivity index (χ2n) is 9.68. The molecule has 2 amide bonds. The Kier molecular flexibility index (Phi) is 6.72. The molecule has 3 aromatic rings. The zero-order valence-electron chi connectivity index (χ0n) is 20.3. The standard InChI is InChI=1S/C27H32N4O3/c1-27(2,3)34-26(33)31-14-13-22-20(11-8-12-21(22)18-31)16-28-25(32)23-17-29-30(4)24(23)15-19-9-6-5-7-10-19/h5-12,17H,13-16,18H2,1-4H3,(H,28,32). The van der Waals surface area contributed by atoms with Crippen LogP contribution < -0.4 is 5.32 Å². The molecule has 0 saturated carbocycles. The van der Waals surface area contributed by atoms with Crippen molar-refractivity contribution in [2.24, 2.45) is 7.05 Å². The van der Waals surface area contributed by atoms with Crippen molar-refractivity contribution in [2.45, 2.75) is 52.3 Å². The van der Waals surface area contributed by atoms with Crippen LogP contribution in [0.3, 0.4) is 0 Å². The van der Waals surface area contributed by atoms with Crippen molar-refractivity contribution < 1.29 is 14.3 Å². The van der Waals surface area contributed by atoms with Gasteiger partial charge in [-0.05, 0) is 49.4 Å². The van der Waals surface area contributed by atoms with E-state index in [9.17, 15) is 9.59 Å². The third kappa shape index (κ3) is 5.47. The van der Waals surface area contributed by atoms with E-state index in [1.54, 1.807) is 15.8 Å². The maximum absolute atomic E-state index is 13.1. The van der Waals surface area contributed by atoms with Gasteiger partial charge in [0.1, 0.15) is 5.60 Å². The molecular formula is C27H32N4O3. The summed E-state index contributed by atoms with van der Waals surface area (Å²) >= 11 is 0. The molecule has 0 fully saturated rings. The lowest BCUT2D eigenvalue weighted by atomic mass is 9.94. The molecule has 34 heavy (non-hydrogen) atoms. The summed E-state index contributed by atoms with van der Waals surface area (Å²) in [5, 5.41) is 7.39. The molecule has 1 aliphatic rings. The van der Waals surface area contributed by atoms with Crippen molar-refractivity contribution in [3.63, 3.8) is 0 Å². The van der Waals surface area contributed by atoms with Gasteiger partial charge in [-0.25, -0.2) is 4.79 Å². The third-order valence-electron chi connectivity index (χ3n) is 5.97. The number of ether oxygens (including phenoxy) is 1. The first-order valence-electron chi connectivity index (χ1n) is 11.6. The van der Waals surface area contributed by atoms with Gasteiger partial charge in [-0.2, -0.15) is 5.10 Å². The fourth-order valence-electron chi connectivity index (χ4n) is 4.26. The van der Waals surface area contributed by atoms with Gasteiger partial charge in [0.2, 0.25) is 0 Å². The molecule has 1 aliphatic heterocycles. The predicted octanol–water partition coefficient (Wildman–Crippen LogP) is 4.23. The molecular weight excluding hydrogens is 428 g/mol. The minimum atomic E-state index is -0.519. The van der Waals surface area contributed by atoms with Crippen LogP contribution in [-0.4, -0.2) is 38.8 Å². The number of benzene rings is 2. The number of nitrogens with zero attached hydrogens (tertiary/aromatic N) is 3. The summed E-state index contributed by atoms with van der Waals surface area (Å²) in [6, 6.07) is 16.1. The SMILES string of the molecule is Cn1ncc(C(=O)NCc2cccc3c2CCN(C(=O)OC(C)(C)C)C3)c1Cc1ccccc1. The van der Waals surface area contributed by atoms with Crippen LogP contribution in [0.2, 0.25) is 0 Å². The number of hydrogen-bond donors (Lipinski definition) is 1. The van der Waals surface area contributed by atoms with Gasteiger partial charge >= 0.3 is 6.09 Å². The van der Waals surface area contributed by atoms with Crippen molar-refractivity contribution >= 4 is 12.0 Å². The quantitative estimate of drug-likeness (QED) is 0.618. The summed E-state index contributed by atoms with van der Waals surface area (Å²) in [6.07, 6.45) is 2.71. The maximum Gasteiger partial charge on any atom is 0.410 e. The zero-order chi connectivity index (χ0) is 24.3. The van der Waals surface area contributed by atoms with Gasteiger partial charge in [0.25, 0.3) is 5.91 Å². The van der Waals surface area contributed by atoms with Crippen LogP contribution in [0.25, 0.3) is 0 Å². The number of carbonyl (C=O) groups is 2. The normalized spacial score (nSPS) is 13.4. The van der Waals surface area contributed by atoms with Crippen LogP contribution in [0.4, 0.5) is 4.79 Å². The summed E-state index contributed by atoms with van der Waals surface area (Å²) < 4.78 is 7.29. The molecule has 0 aliphatic carbocycles. The smallest absolute Gasteiger partial charge is 0.410 e. The zero-order valence-corrected chi connectivity index (χ0v) is 20.3. The van der Waals surface area contributed by atoms with Crippen LogP contribution >= 0.6 is 0 Å². The van der Waals surface area contributed by atoms with Crippen molar-refractivity contribution in [1.29, 1.82) is 0 Å². The molecule has 0 spiro atoms. The van der Waals surface area contributed by atoms with Crippen LogP contribution in [0, 0.1) is 0 Å². The molecule has 7 heteroatoms. The maximum atomic E-state index is 13.1. The lowest BCUT2D eigenvalue weighted by molar-refractivity contribution is 0.0223. The molecule has 178 valence electrons. The van der Waals surface area contributed by atoms with E-state index in [4.69, 9.17) is 4.74 Å². The number of amides is 2. The highest BCUT2D eigenvalue weighted by molar-refractivity contribution is 5.95. The summed E-state index contributed by atoms with van der Waals surface area (Å²) in [4.78, 5) is 27.3. The number of rotatable bonds is 5. The molecule has 1 N–H and O–H groups in total. The average molecular weight is 461 g/mol. The van der Waals surface area contributed by atoms with E-state index < -0.39 is 5.60 Å². The van der Waals surface area contributed by atoms with E-state index in [1.165, 1.54) is 5.56 Å². The average Bonchev–Trinajstić information content (AvgIpc) is 3.16. The monoisotopic (exact) mass is 460 g/mol. The highest BCUT2D eigenvalue weighted by Crippen LogP contribution is 2.24. The summed E-state index contributed by atoms with van der Waals surface area (Å²) in [5.74, 6) is -0.136. The van der Waals surface area contributed by atoms with Gasteiger partial charge < -0.3 is 15.0 Å². The Morgan fingerprint density at radius 2 is 1.85 bits per heavy atom. The summed E-state index contributed by atoms with van der Waals surface area (Å²) in [7, 11) is 1.86. The van der Waals surface area contributed by atoms with E-state index >= 15 is 0 Å². The van der Waals surface area contributed by atoms with Crippen molar-refractivity contribution in [2.75, 3.05) is 6.54 Å².